The summed E-state index contributed by atoms with van der Waals surface area (Å²) in [6, 6.07) is 7.04. The van der Waals surface area contributed by atoms with Gasteiger partial charge in [-0.2, -0.15) is 4.31 Å². The van der Waals surface area contributed by atoms with Crippen LogP contribution in [0.25, 0.3) is 0 Å². The highest BCUT2D eigenvalue weighted by molar-refractivity contribution is 7.89. The van der Waals surface area contributed by atoms with E-state index in [1.807, 2.05) is 17.0 Å². The van der Waals surface area contributed by atoms with Crippen LogP contribution in [0.15, 0.2) is 29.2 Å². The summed E-state index contributed by atoms with van der Waals surface area (Å²) in [7, 11) is -3.38. The van der Waals surface area contributed by atoms with E-state index in [2.05, 4.69) is 5.32 Å². The van der Waals surface area contributed by atoms with E-state index in [0.29, 0.717) is 30.8 Å². The Morgan fingerprint density at radius 1 is 0.926 bits per heavy atom. The van der Waals surface area contributed by atoms with Crippen molar-refractivity contribution in [1.82, 2.24) is 14.5 Å². The molecular weight excluding hydrogens is 386 g/mol. The summed E-state index contributed by atoms with van der Waals surface area (Å²) in [6.07, 6.45) is 5.09. The molecule has 1 aromatic carbocycles. The molecule has 0 aromatic heterocycles. The smallest absolute Gasteiger partial charge is 0.243 e. The van der Waals surface area contributed by atoms with Gasteiger partial charge in [0.1, 0.15) is 0 Å². The van der Waals surface area contributed by atoms with Gasteiger partial charge in [0.05, 0.1) is 4.90 Å². The van der Waals surface area contributed by atoms with Crippen molar-refractivity contribution in [2.45, 2.75) is 43.4 Å². The van der Waals surface area contributed by atoms with Crippen LogP contribution in [0.3, 0.4) is 0 Å². The van der Waals surface area contributed by atoms with Crippen molar-refractivity contribution in [2.24, 2.45) is 0 Å². The number of hydrogen-bond acceptors (Lipinski definition) is 4. The maximum absolute atomic E-state index is 12.7. The van der Waals surface area contributed by atoms with Gasteiger partial charge in [0.2, 0.25) is 15.9 Å². The molecule has 152 valence electrons. The normalized spacial score (nSPS) is 19.2. The monoisotopic (exact) mass is 415 g/mol. The molecular formula is C19H30ClN3O3S. The first-order valence-electron chi connectivity index (χ1n) is 9.65. The van der Waals surface area contributed by atoms with Crippen LogP contribution in [0.2, 0.25) is 0 Å². The largest absolute Gasteiger partial charge is 0.341 e. The molecule has 6 nitrogen and oxygen atoms in total. The molecule has 8 heteroatoms. The number of aryl methyl sites for hydroxylation is 1. The Kier molecular flexibility index (Phi) is 8.54. The van der Waals surface area contributed by atoms with Crippen LogP contribution in [0, 0.1) is 0 Å². The lowest BCUT2D eigenvalue weighted by Crippen LogP contribution is -2.35. The SMILES string of the molecule is Cl.O=C(CCc1ccc(S(=O)(=O)N2CCCCC2)cc1)N1CCCNCC1. The van der Waals surface area contributed by atoms with Crippen LogP contribution in [-0.2, 0) is 21.2 Å². The molecule has 1 aromatic rings. The highest BCUT2D eigenvalue weighted by atomic mass is 35.5. The van der Waals surface area contributed by atoms with E-state index in [4.69, 9.17) is 0 Å². The van der Waals surface area contributed by atoms with E-state index in [9.17, 15) is 13.2 Å². The molecule has 0 atom stereocenters. The Morgan fingerprint density at radius 2 is 1.63 bits per heavy atom. The van der Waals surface area contributed by atoms with Crippen LogP contribution in [0.1, 0.15) is 37.7 Å². The zero-order valence-corrected chi connectivity index (χ0v) is 17.4. The predicted octanol–water partition coefficient (Wildman–Crippen LogP) is 2.04. The summed E-state index contributed by atoms with van der Waals surface area (Å²) in [4.78, 5) is 14.6. The second kappa shape index (κ2) is 10.4. The Morgan fingerprint density at radius 3 is 2.33 bits per heavy atom. The molecule has 2 aliphatic heterocycles. The molecule has 1 amide bonds. The molecule has 3 rings (SSSR count). The number of rotatable bonds is 5. The molecule has 0 saturated carbocycles. The fraction of sp³-hybridized carbons (Fsp3) is 0.632. The second-order valence-electron chi connectivity index (χ2n) is 7.09. The fourth-order valence-electron chi connectivity index (χ4n) is 3.59. The van der Waals surface area contributed by atoms with Crippen molar-refractivity contribution in [3.8, 4) is 0 Å². The van der Waals surface area contributed by atoms with Crippen LogP contribution >= 0.6 is 12.4 Å². The van der Waals surface area contributed by atoms with Gasteiger partial charge in [0.15, 0.2) is 0 Å². The zero-order valence-electron chi connectivity index (χ0n) is 15.7. The van der Waals surface area contributed by atoms with E-state index in [1.165, 1.54) is 0 Å². The van der Waals surface area contributed by atoms with E-state index in [1.54, 1.807) is 16.4 Å². The second-order valence-corrected chi connectivity index (χ2v) is 9.03. The highest BCUT2D eigenvalue weighted by Gasteiger charge is 2.25. The highest BCUT2D eigenvalue weighted by Crippen LogP contribution is 2.21. The van der Waals surface area contributed by atoms with Crippen LogP contribution < -0.4 is 5.32 Å². The Labute approximate surface area is 168 Å². The third-order valence-corrected chi connectivity index (χ3v) is 7.11. The number of carbonyl (C=O) groups excluding carboxylic acids is 1. The van der Waals surface area contributed by atoms with Crippen molar-refractivity contribution < 1.29 is 13.2 Å². The minimum absolute atomic E-state index is 0. The Bertz CT molecular complexity index is 695. The summed E-state index contributed by atoms with van der Waals surface area (Å²) in [5.74, 6) is 0.179. The topological polar surface area (TPSA) is 69.7 Å². The molecule has 0 bridgehead atoms. The number of nitrogens with one attached hydrogen (secondary N) is 1. The van der Waals surface area contributed by atoms with Crippen molar-refractivity contribution >= 4 is 28.3 Å². The van der Waals surface area contributed by atoms with Gasteiger partial charge in [0, 0.05) is 39.1 Å². The molecule has 0 spiro atoms. The summed E-state index contributed by atoms with van der Waals surface area (Å²) in [5.41, 5.74) is 1.00. The minimum atomic E-state index is -3.38. The first kappa shape index (κ1) is 22.1. The minimum Gasteiger partial charge on any atom is -0.341 e. The number of sulfonamides is 1. The summed E-state index contributed by atoms with van der Waals surface area (Å²) in [5, 5.41) is 3.30. The van der Waals surface area contributed by atoms with Crippen LogP contribution in [0.5, 0.6) is 0 Å². The average Bonchev–Trinajstić information content (AvgIpc) is 2.97. The number of piperidine rings is 1. The predicted molar refractivity (Wildman–Crippen MR) is 109 cm³/mol. The van der Waals surface area contributed by atoms with Gasteiger partial charge in [-0.05, 0) is 49.9 Å². The van der Waals surface area contributed by atoms with Crippen molar-refractivity contribution in [3.05, 3.63) is 29.8 Å². The van der Waals surface area contributed by atoms with Gasteiger partial charge < -0.3 is 10.2 Å². The van der Waals surface area contributed by atoms with Crippen molar-refractivity contribution in [3.63, 3.8) is 0 Å². The van der Waals surface area contributed by atoms with E-state index in [-0.39, 0.29) is 18.3 Å². The molecule has 2 saturated heterocycles. The lowest BCUT2D eigenvalue weighted by molar-refractivity contribution is -0.130. The maximum atomic E-state index is 12.7. The Hall–Kier alpha value is -1.15. The molecule has 0 unspecified atom stereocenters. The molecule has 0 radical (unpaired) electrons. The van der Waals surface area contributed by atoms with Gasteiger partial charge in [-0.15, -0.1) is 12.4 Å². The first-order chi connectivity index (χ1) is 12.6. The third-order valence-electron chi connectivity index (χ3n) is 5.20. The Balaban J connectivity index is 0.00000261. The van der Waals surface area contributed by atoms with Gasteiger partial charge in [-0.1, -0.05) is 18.6 Å². The number of hydrogen-bond donors (Lipinski definition) is 1. The summed E-state index contributed by atoms with van der Waals surface area (Å²) < 4.78 is 26.9. The molecule has 1 N–H and O–H groups in total. The first-order valence-corrected chi connectivity index (χ1v) is 11.1. The van der Waals surface area contributed by atoms with Crippen molar-refractivity contribution in [2.75, 3.05) is 39.3 Å². The lowest BCUT2D eigenvalue weighted by atomic mass is 10.1. The van der Waals surface area contributed by atoms with Crippen molar-refractivity contribution in [1.29, 1.82) is 0 Å². The van der Waals surface area contributed by atoms with Crippen LogP contribution in [0.4, 0.5) is 0 Å². The zero-order chi connectivity index (χ0) is 18.4. The molecule has 2 aliphatic rings. The summed E-state index contributed by atoms with van der Waals surface area (Å²) in [6.45, 7) is 4.64. The quantitative estimate of drug-likeness (QED) is 0.798. The standard InChI is InChI=1S/C19H29N3O3S.ClH/c23-19(21-13-4-11-20-12-16-21)10-7-17-5-8-18(9-6-17)26(24,25)22-14-2-1-3-15-22;/h5-6,8-9,20H,1-4,7,10-16H2;1H. The van der Waals surface area contributed by atoms with Gasteiger partial charge in [-0.25, -0.2) is 8.42 Å². The molecule has 2 fully saturated rings. The van der Waals surface area contributed by atoms with Gasteiger partial charge in [-0.3, -0.25) is 4.79 Å². The number of benzene rings is 1. The third kappa shape index (κ3) is 5.91. The molecule has 27 heavy (non-hydrogen) atoms. The summed E-state index contributed by atoms with van der Waals surface area (Å²) >= 11 is 0. The average molecular weight is 416 g/mol. The fourth-order valence-corrected chi connectivity index (χ4v) is 5.10. The van der Waals surface area contributed by atoms with E-state index in [0.717, 1.165) is 57.4 Å². The van der Waals surface area contributed by atoms with Gasteiger partial charge >= 0.3 is 0 Å². The lowest BCUT2D eigenvalue weighted by Gasteiger charge is -2.25. The number of carbonyl (C=O) groups is 1. The van der Waals surface area contributed by atoms with E-state index < -0.39 is 10.0 Å². The maximum Gasteiger partial charge on any atom is 0.243 e. The molecule has 2 heterocycles. The number of nitrogens with zero attached hydrogens (tertiary/aromatic N) is 2. The van der Waals surface area contributed by atoms with E-state index >= 15 is 0 Å². The molecule has 0 aliphatic carbocycles. The number of amides is 1. The van der Waals surface area contributed by atoms with Gasteiger partial charge in [0.25, 0.3) is 0 Å². The number of halogens is 1. The van der Waals surface area contributed by atoms with Crippen LogP contribution in [-0.4, -0.2) is 62.8 Å².